The van der Waals surface area contributed by atoms with Gasteiger partial charge in [0.25, 0.3) is 0 Å². The Bertz CT molecular complexity index is 779. The third kappa shape index (κ3) is 5.02. The van der Waals surface area contributed by atoms with Gasteiger partial charge in [-0.2, -0.15) is 0 Å². The molecular formula is C17H19NO2SSe. The van der Waals surface area contributed by atoms with Crippen molar-refractivity contribution in [2.75, 3.05) is 0 Å². The van der Waals surface area contributed by atoms with Gasteiger partial charge in [0.1, 0.15) is 0 Å². The second-order valence-corrected chi connectivity index (χ2v) is 10.7. The SMILES string of the molecule is Cc1ccc(S(=O)(=O)/N=[Se](\C)C/C=C/c2ccccc2)cc1. The van der Waals surface area contributed by atoms with Gasteiger partial charge in [-0.3, -0.25) is 0 Å². The van der Waals surface area contributed by atoms with E-state index in [1.54, 1.807) is 24.3 Å². The number of benzene rings is 2. The van der Waals surface area contributed by atoms with E-state index in [0.29, 0.717) is 5.32 Å². The Morgan fingerprint density at radius 3 is 2.32 bits per heavy atom. The van der Waals surface area contributed by atoms with Crippen LogP contribution in [-0.2, 0) is 10.0 Å². The minimum atomic E-state index is -3.52. The van der Waals surface area contributed by atoms with Crippen molar-refractivity contribution in [2.45, 2.75) is 23.0 Å². The summed E-state index contributed by atoms with van der Waals surface area (Å²) >= 11 is -1.56. The number of aryl methyl sites for hydroxylation is 1. The summed E-state index contributed by atoms with van der Waals surface area (Å²) < 4.78 is 28.5. The first kappa shape index (κ1) is 16.8. The maximum atomic E-state index is 12.2. The van der Waals surface area contributed by atoms with Gasteiger partial charge in [0.2, 0.25) is 0 Å². The summed E-state index contributed by atoms with van der Waals surface area (Å²) in [6, 6.07) is 16.8. The van der Waals surface area contributed by atoms with Gasteiger partial charge in [-0.25, -0.2) is 0 Å². The fourth-order valence-electron chi connectivity index (χ4n) is 1.84. The molecule has 22 heavy (non-hydrogen) atoms. The standard InChI is InChI=1S/C17H19NO2SSe/c1-15-10-12-17(13-11-15)21(19,20)18-22(2)14-6-9-16-7-4-3-5-8-16/h3-13H,14H2,1-2H3/b9-6+. The fraction of sp³-hybridized carbons (Fsp3) is 0.176. The van der Waals surface area contributed by atoms with Crippen LogP contribution in [0.3, 0.4) is 0 Å². The van der Waals surface area contributed by atoms with Crippen LogP contribution in [0.2, 0.25) is 11.1 Å². The van der Waals surface area contributed by atoms with Gasteiger partial charge in [-0.1, -0.05) is 0 Å². The molecule has 0 saturated carbocycles. The van der Waals surface area contributed by atoms with Crippen LogP contribution in [0.15, 0.2) is 68.9 Å². The number of nitrogens with zero attached hydrogens (tertiary/aromatic N) is 1. The van der Waals surface area contributed by atoms with E-state index in [1.807, 2.05) is 55.2 Å². The molecule has 2 rings (SSSR count). The molecule has 0 aromatic heterocycles. The average Bonchev–Trinajstić information content (AvgIpc) is 2.48. The predicted octanol–water partition coefficient (Wildman–Crippen LogP) is 4.29. The van der Waals surface area contributed by atoms with Gasteiger partial charge < -0.3 is 0 Å². The maximum absolute atomic E-state index is 12.2. The molecule has 2 aromatic carbocycles. The summed E-state index contributed by atoms with van der Waals surface area (Å²) in [5, 5.41) is 0.708. The molecule has 0 bridgehead atoms. The van der Waals surface area contributed by atoms with Crippen molar-refractivity contribution in [3.05, 3.63) is 71.8 Å². The van der Waals surface area contributed by atoms with Crippen LogP contribution in [-0.4, -0.2) is 22.1 Å². The Hall–Kier alpha value is -1.55. The van der Waals surface area contributed by atoms with Crippen molar-refractivity contribution in [1.82, 2.24) is 0 Å². The Morgan fingerprint density at radius 2 is 1.68 bits per heavy atom. The zero-order valence-electron chi connectivity index (χ0n) is 12.6. The van der Waals surface area contributed by atoms with Crippen LogP contribution < -0.4 is 0 Å². The number of sulfonamides is 1. The first-order chi connectivity index (χ1) is 10.5. The zero-order valence-corrected chi connectivity index (χ0v) is 15.2. The normalized spacial score (nSPS) is 13.5. The molecule has 2 aromatic rings. The van der Waals surface area contributed by atoms with E-state index >= 15 is 0 Å². The second-order valence-electron chi connectivity index (χ2n) is 4.94. The van der Waals surface area contributed by atoms with Crippen LogP contribution in [0.25, 0.3) is 6.08 Å². The van der Waals surface area contributed by atoms with E-state index < -0.39 is 23.7 Å². The van der Waals surface area contributed by atoms with Crippen molar-refractivity contribution in [3.63, 3.8) is 0 Å². The molecule has 3 nitrogen and oxygen atoms in total. The number of rotatable bonds is 5. The Labute approximate surface area is 136 Å². The van der Waals surface area contributed by atoms with Crippen molar-refractivity contribution < 1.29 is 8.42 Å². The molecule has 0 fully saturated rings. The molecule has 0 radical (unpaired) electrons. The summed E-state index contributed by atoms with van der Waals surface area (Å²) in [5.41, 5.74) is 2.15. The van der Waals surface area contributed by atoms with E-state index in [-0.39, 0.29) is 4.90 Å². The third-order valence-corrected chi connectivity index (χ3v) is 8.56. The summed E-state index contributed by atoms with van der Waals surface area (Å²) in [7, 11) is -3.52. The Balaban J connectivity index is 2.08. The van der Waals surface area contributed by atoms with Crippen LogP contribution in [0.1, 0.15) is 11.1 Å². The van der Waals surface area contributed by atoms with Gasteiger partial charge in [-0.15, -0.1) is 0 Å². The van der Waals surface area contributed by atoms with Gasteiger partial charge >= 0.3 is 136 Å². The molecule has 0 aliphatic heterocycles. The van der Waals surface area contributed by atoms with E-state index in [9.17, 15) is 8.42 Å². The molecule has 116 valence electrons. The minimum absolute atomic E-state index is 0.278. The molecular weight excluding hydrogens is 361 g/mol. The summed E-state index contributed by atoms with van der Waals surface area (Å²) in [6.07, 6.45) is 4.02. The zero-order chi connectivity index (χ0) is 16.0. The summed E-state index contributed by atoms with van der Waals surface area (Å²) in [4.78, 5) is 0.278. The van der Waals surface area contributed by atoms with E-state index in [4.69, 9.17) is 0 Å². The molecule has 5 heteroatoms. The third-order valence-electron chi connectivity index (χ3n) is 2.99. The first-order valence-electron chi connectivity index (χ1n) is 6.86. The second kappa shape index (κ2) is 7.63. The van der Waals surface area contributed by atoms with Crippen LogP contribution in [0, 0.1) is 6.92 Å². The molecule has 1 unspecified atom stereocenters. The summed E-state index contributed by atoms with van der Waals surface area (Å²) in [6.45, 7) is 1.93. The van der Waals surface area contributed by atoms with Gasteiger partial charge in [0.05, 0.1) is 0 Å². The van der Waals surface area contributed by atoms with Gasteiger partial charge in [-0.05, 0) is 0 Å². The summed E-state index contributed by atoms with van der Waals surface area (Å²) in [5.74, 6) is 1.93. The number of allylic oxidation sites excluding steroid dienone is 1. The van der Waals surface area contributed by atoms with E-state index in [0.717, 1.165) is 11.1 Å². The molecule has 0 aliphatic rings. The molecule has 0 amide bonds. The fourth-order valence-corrected chi connectivity index (χ4v) is 6.62. The van der Waals surface area contributed by atoms with Gasteiger partial charge in [0.15, 0.2) is 0 Å². The number of hydrogen-bond donors (Lipinski definition) is 0. The van der Waals surface area contributed by atoms with Crippen molar-refractivity contribution in [1.29, 1.82) is 0 Å². The van der Waals surface area contributed by atoms with Crippen molar-refractivity contribution in [2.24, 2.45) is 3.37 Å². The molecule has 1 atom stereocenters. The van der Waals surface area contributed by atoms with E-state index in [2.05, 4.69) is 3.37 Å². The van der Waals surface area contributed by atoms with Crippen LogP contribution in [0.4, 0.5) is 0 Å². The van der Waals surface area contributed by atoms with Crippen LogP contribution >= 0.6 is 0 Å². The van der Waals surface area contributed by atoms with Crippen molar-refractivity contribution >= 4 is 29.8 Å². The van der Waals surface area contributed by atoms with E-state index in [1.165, 1.54) is 0 Å². The van der Waals surface area contributed by atoms with Crippen molar-refractivity contribution in [3.8, 4) is 0 Å². The molecule has 0 saturated heterocycles. The average molecular weight is 380 g/mol. The predicted molar refractivity (Wildman–Crippen MR) is 92.7 cm³/mol. The quantitative estimate of drug-likeness (QED) is 0.727. The van der Waals surface area contributed by atoms with Crippen LogP contribution in [0.5, 0.6) is 0 Å². The molecule has 0 N–H and O–H groups in total. The number of hydrogen-bond acceptors (Lipinski definition) is 2. The molecule has 0 aliphatic carbocycles. The Kier molecular flexibility index (Phi) is 5.83. The monoisotopic (exact) mass is 381 g/mol. The Morgan fingerprint density at radius 1 is 1.05 bits per heavy atom. The molecule has 0 heterocycles. The topological polar surface area (TPSA) is 46.5 Å². The molecule has 0 spiro atoms. The first-order valence-corrected chi connectivity index (χ1v) is 12.0. The van der Waals surface area contributed by atoms with Gasteiger partial charge in [0, 0.05) is 0 Å².